The number of benzene rings is 1. The number of thioether (sulfide) groups is 1. The normalized spacial score (nSPS) is 33.7. The lowest BCUT2D eigenvalue weighted by atomic mass is 9.89. The van der Waals surface area contributed by atoms with Crippen LogP contribution in [-0.4, -0.2) is 60.1 Å². The lowest BCUT2D eigenvalue weighted by Crippen LogP contribution is -2.60. The summed E-state index contributed by atoms with van der Waals surface area (Å²) < 4.78 is 24.1. The molecular weight excluding hydrogens is 490 g/mol. The number of carbonyl (C=O) groups excluding carboxylic acids is 2. The molecule has 0 N–H and O–H groups in total. The Morgan fingerprint density at radius 2 is 1.92 bits per heavy atom. The summed E-state index contributed by atoms with van der Waals surface area (Å²) in [5.41, 5.74) is 2.00. The quantitative estimate of drug-likeness (QED) is 0.348. The molecule has 5 atom stereocenters. The summed E-state index contributed by atoms with van der Waals surface area (Å²) in [6.07, 6.45) is 10.1. The van der Waals surface area contributed by atoms with E-state index in [1.165, 1.54) is 11.8 Å². The van der Waals surface area contributed by atoms with E-state index in [4.69, 9.17) is 18.9 Å². The molecule has 2 saturated heterocycles. The van der Waals surface area contributed by atoms with Gasteiger partial charge in [-0.15, -0.1) is 0 Å². The van der Waals surface area contributed by atoms with Gasteiger partial charge in [0.1, 0.15) is 11.9 Å². The molecule has 7 nitrogen and oxygen atoms in total. The highest BCUT2D eigenvalue weighted by Gasteiger charge is 2.54. The van der Waals surface area contributed by atoms with Gasteiger partial charge in [0, 0.05) is 38.3 Å². The van der Waals surface area contributed by atoms with E-state index in [1.807, 2.05) is 36.1 Å². The van der Waals surface area contributed by atoms with Crippen LogP contribution in [0.5, 0.6) is 5.75 Å². The van der Waals surface area contributed by atoms with Crippen LogP contribution in [0.2, 0.25) is 0 Å². The van der Waals surface area contributed by atoms with Crippen LogP contribution in [0.15, 0.2) is 48.1 Å². The van der Waals surface area contributed by atoms with Crippen molar-refractivity contribution in [2.45, 2.75) is 83.0 Å². The van der Waals surface area contributed by atoms with E-state index in [0.717, 1.165) is 42.6 Å². The third-order valence-electron chi connectivity index (χ3n) is 7.51. The fraction of sp³-hybridized carbons (Fsp3) is 0.586. The summed E-state index contributed by atoms with van der Waals surface area (Å²) >= 11 is 1.28. The van der Waals surface area contributed by atoms with Crippen LogP contribution in [0.1, 0.15) is 57.9 Å². The van der Waals surface area contributed by atoms with Crippen LogP contribution in [-0.2, 0) is 25.5 Å². The molecule has 1 amide bonds. The molecule has 0 radical (unpaired) electrons. The Kier molecular flexibility index (Phi) is 9.37. The van der Waals surface area contributed by atoms with Crippen molar-refractivity contribution >= 4 is 23.0 Å². The van der Waals surface area contributed by atoms with Gasteiger partial charge in [-0.25, -0.2) is 4.79 Å². The molecule has 202 valence electrons. The number of carbonyl (C=O) groups is 2. The van der Waals surface area contributed by atoms with Crippen molar-refractivity contribution in [2.75, 3.05) is 20.0 Å². The highest BCUT2D eigenvalue weighted by atomic mass is 32.2. The minimum atomic E-state index is -1.06. The van der Waals surface area contributed by atoms with E-state index >= 15 is 0 Å². The Morgan fingerprint density at radius 1 is 1.14 bits per heavy atom. The van der Waals surface area contributed by atoms with Gasteiger partial charge in [-0.1, -0.05) is 48.5 Å². The minimum absolute atomic E-state index is 0.00373. The van der Waals surface area contributed by atoms with E-state index in [0.29, 0.717) is 31.1 Å². The Labute approximate surface area is 224 Å². The first-order valence-electron chi connectivity index (χ1n) is 13.2. The van der Waals surface area contributed by atoms with Crippen molar-refractivity contribution in [1.82, 2.24) is 4.90 Å². The maximum Gasteiger partial charge on any atom is 0.330 e. The number of methoxy groups -OCH3 is 2. The van der Waals surface area contributed by atoms with Crippen LogP contribution in [0.25, 0.3) is 0 Å². The van der Waals surface area contributed by atoms with Crippen LogP contribution in [0, 0.1) is 5.92 Å². The molecule has 37 heavy (non-hydrogen) atoms. The second kappa shape index (κ2) is 12.5. The van der Waals surface area contributed by atoms with Crippen molar-refractivity contribution in [2.24, 2.45) is 5.92 Å². The van der Waals surface area contributed by atoms with Gasteiger partial charge in [-0.05, 0) is 56.2 Å². The standard InChI is InChI=1S/C29H39NO6S/c1-20-7-5-6-8-21(2)15-27(31)35-25-16-24(12-9-20)36-29(17-25,34-4)26-19-37-28(32)30(26)18-22-10-13-23(33-3)14-11-22/h5,7,10-11,13-15,20,24-26H,6,8-9,12,16-19H2,1-4H3/b7-5-,21-15-/t20-,24-,25-,26-,29-/m1/s1. The molecular formula is C29H39NO6S. The first-order valence-corrected chi connectivity index (χ1v) is 14.1. The maximum atomic E-state index is 13.0. The van der Waals surface area contributed by atoms with E-state index in [-0.39, 0.29) is 29.5 Å². The summed E-state index contributed by atoms with van der Waals surface area (Å²) in [6.45, 7) is 4.63. The number of hydrogen-bond acceptors (Lipinski definition) is 7. The van der Waals surface area contributed by atoms with Crippen molar-refractivity contribution in [3.8, 4) is 5.75 Å². The molecule has 3 aliphatic heterocycles. The van der Waals surface area contributed by atoms with Crippen LogP contribution >= 0.6 is 11.8 Å². The Balaban J connectivity index is 1.59. The predicted molar refractivity (Wildman–Crippen MR) is 144 cm³/mol. The largest absolute Gasteiger partial charge is 0.497 e. The second-order valence-corrected chi connectivity index (χ2v) is 11.3. The Hall–Kier alpha value is -2.29. The molecule has 0 saturated carbocycles. The lowest BCUT2D eigenvalue weighted by Gasteiger charge is -2.48. The third kappa shape index (κ3) is 6.98. The zero-order valence-corrected chi connectivity index (χ0v) is 23.1. The van der Waals surface area contributed by atoms with E-state index in [9.17, 15) is 9.59 Å². The molecule has 4 rings (SSSR count). The highest BCUT2D eigenvalue weighted by Crippen LogP contribution is 2.43. The number of fused-ring (bicyclic) bond motifs is 2. The predicted octanol–water partition coefficient (Wildman–Crippen LogP) is 5.88. The van der Waals surface area contributed by atoms with Crippen molar-refractivity contribution in [1.29, 1.82) is 0 Å². The minimum Gasteiger partial charge on any atom is -0.497 e. The molecule has 0 aliphatic carbocycles. The van der Waals surface area contributed by atoms with Gasteiger partial charge in [0.05, 0.1) is 19.3 Å². The van der Waals surface area contributed by atoms with Gasteiger partial charge in [-0.3, -0.25) is 4.79 Å². The second-order valence-electron chi connectivity index (χ2n) is 10.3. The number of rotatable bonds is 5. The van der Waals surface area contributed by atoms with Gasteiger partial charge in [0.15, 0.2) is 5.79 Å². The zero-order valence-electron chi connectivity index (χ0n) is 22.3. The zero-order chi connectivity index (χ0) is 26.4. The Bertz CT molecular complexity index is 1010. The van der Waals surface area contributed by atoms with Gasteiger partial charge < -0.3 is 23.8 Å². The third-order valence-corrected chi connectivity index (χ3v) is 8.47. The van der Waals surface area contributed by atoms with E-state index < -0.39 is 5.79 Å². The fourth-order valence-electron chi connectivity index (χ4n) is 5.39. The molecule has 0 spiro atoms. The summed E-state index contributed by atoms with van der Waals surface area (Å²) in [6, 6.07) is 7.41. The molecule has 0 unspecified atom stereocenters. The molecule has 1 aromatic carbocycles. The van der Waals surface area contributed by atoms with E-state index in [2.05, 4.69) is 19.1 Å². The molecule has 2 fully saturated rings. The molecule has 0 aromatic heterocycles. The van der Waals surface area contributed by atoms with Gasteiger partial charge >= 0.3 is 5.97 Å². The molecule has 2 bridgehead atoms. The summed E-state index contributed by atoms with van der Waals surface area (Å²) in [5.74, 6) is 0.357. The highest BCUT2D eigenvalue weighted by molar-refractivity contribution is 8.13. The lowest BCUT2D eigenvalue weighted by molar-refractivity contribution is -0.305. The summed E-state index contributed by atoms with van der Waals surface area (Å²) in [5, 5.41) is -0.00373. The summed E-state index contributed by atoms with van der Waals surface area (Å²) in [7, 11) is 3.27. The number of amides is 1. The van der Waals surface area contributed by atoms with Crippen LogP contribution in [0.4, 0.5) is 4.79 Å². The first kappa shape index (κ1) is 27.7. The van der Waals surface area contributed by atoms with Crippen molar-refractivity contribution in [3.05, 3.63) is 53.6 Å². The average Bonchev–Trinajstić information content (AvgIpc) is 3.25. The van der Waals surface area contributed by atoms with Crippen LogP contribution in [0.3, 0.4) is 0 Å². The number of allylic oxidation sites excluding steroid dienone is 3. The van der Waals surface area contributed by atoms with Gasteiger partial charge in [0.2, 0.25) is 0 Å². The molecule has 8 heteroatoms. The van der Waals surface area contributed by atoms with Crippen molar-refractivity contribution in [3.63, 3.8) is 0 Å². The first-order chi connectivity index (χ1) is 17.8. The monoisotopic (exact) mass is 529 g/mol. The number of hydrogen-bond donors (Lipinski definition) is 0. The average molecular weight is 530 g/mol. The van der Waals surface area contributed by atoms with Gasteiger partial charge in [0.25, 0.3) is 5.24 Å². The summed E-state index contributed by atoms with van der Waals surface area (Å²) in [4.78, 5) is 27.6. The fourth-order valence-corrected chi connectivity index (χ4v) is 6.49. The SMILES string of the molecule is COc1ccc(CN2C(=O)SC[C@@H]2[C@@]2(OC)C[C@H]3C[C@@H](CC[C@H](C)/C=C\CC/C(C)=C\C(=O)O3)O2)cc1. The number of esters is 1. The smallest absolute Gasteiger partial charge is 0.330 e. The topological polar surface area (TPSA) is 74.3 Å². The molecule has 3 heterocycles. The van der Waals surface area contributed by atoms with Crippen molar-refractivity contribution < 1.29 is 28.5 Å². The molecule has 3 aliphatic rings. The Morgan fingerprint density at radius 3 is 2.65 bits per heavy atom. The molecule has 1 aromatic rings. The number of ether oxygens (including phenoxy) is 4. The maximum absolute atomic E-state index is 13.0. The van der Waals surface area contributed by atoms with E-state index in [1.54, 1.807) is 20.3 Å². The van der Waals surface area contributed by atoms with Gasteiger partial charge in [-0.2, -0.15) is 0 Å². The van der Waals surface area contributed by atoms with Crippen LogP contribution < -0.4 is 4.74 Å². The number of nitrogens with zero attached hydrogens (tertiary/aromatic N) is 1.